The van der Waals surface area contributed by atoms with Gasteiger partial charge in [-0.15, -0.1) is 11.8 Å². The fourth-order valence-corrected chi connectivity index (χ4v) is 3.66. The number of carbonyl (C=O) groups excluding carboxylic acids is 1. The zero-order valence-electron chi connectivity index (χ0n) is 13.4. The predicted octanol–water partition coefficient (Wildman–Crippen LogP) is 3.40. The number of aryl methyl sites for hydroxylation is 1. The molecule has 1 N–H and O–H groups in total. The van der Waals surface area contributed by atoms with E-state index in [0.29, 0.717) is 23.6 Å². The lowest BCUT2D eigenvalue weighted by Crippen LogP contribution is -2.28. The molecule has 0 bridgehead atoms. The third-order valence-corrected chi connectivity index (χ3v) is 5.52. The topological polar surface area (TPSA) is 46.2 Å². The van der Waals surface area contributed by atoms with E-state index < -0.39 is 10.8 Å². The number of hydrogen-bond donors (Lipinski definition) is 1. The summed E-state index contributed by atoms with van der Waals surface area (Å²) >= 11 is 1.61. The maximum Gasteiger partial charge on any atom is 0.251 e. The number of carbonyl (C=O) groups is 1. The Morgan fingerprint density at radius 1 is 1.17 bits per heavy atom. The maximum absolute atomic E-state index is 12.3. The Morgan fingerprint density at radius 3 is 2.61 bits per heavy atom. The van der Waals surface area contributed by atoms with Crippen molar-refractivity contribution in [1.29, 1.82) is 0 Å². The fraction of sp³-hybridized carbons (Fsp3) is 0.278. The first-order chi connectivity index (χ1) is 11.1. The molecular formula is C18H21NO2S2. The Bertz CT molecular complexity index is 687. The summed E-state index contributed by atoms with van der Waals surface area (Å²) in [7, 11) is -0.974. The maximum atomic E-state index is 12.3. The standard InChI is InChI=1S/C18H21NO2S2/c1-14-8-9-16(22-2)12-17(14)18(20)19-10-11-23(21)13-15-6-4-3-5-7-15/h3-9,12H,10-11,13H2,1-2H3,(H,19,20). The summed E-state index contributed by atoms with van der Waals surface area (Å²) in [5.41, 5.74) is 2.69. The molecule has 0 saturated heterocycles. The SMILES string of the molecule is CSc1ccc(C)c(C(=O)NCCS(=O)Cc2ccccc2)c1. The number of benzene rings is 2. The number of hydrogen-bond acceptors (Lipinski definition) is 3. The van der Waals surface area contributed by atoms with Gasteiger partial charge in [0.15, 0.2) is 0 Å². The predicted molar refractivity (Wildman–Crippen MR) is 98.4 cm³/mol. The molecule has 1 unspecified atom stereocenters. The van der Waals surface area contributed by atoms with Gasteiger partial charge in [0.2, 0.25) is 0 Å². The number of thioether (sulfide) groups is 1. The smallest absolute Gasteiger partial charge is 0.251 e. The Balaban J connectivity index is 1.84. The second-order valence-corrected chi connectivity index (χ2v) is 7.67. The molecule has 0 aliphatic carbocycles. The second-order valence-electron chi connectivity index (χ2n) is 5.21. The zero-order chi connectivity index (χ0) is 16.7. The van der Waals surface area contributed by atoms with Gasteiger partial charge < -0.3 is 5.32 Å². The minimum Gasteiger partial charge on any atom is -0.351 e. The molecule has 0 saturated carbocycles. The van der Waals surface area contributed by atoms with Gasteiger partial charge >= 0.3 is 0 Å². The van der Waals surface area contributed by atoms with Crippen molar-refractivity contribution >= 4 is 28.5 Å². The molecule has 0 spiro atoms. The average molecular weight is 348 g/mol. The second kappa shape index (κ2) is 8.89. The summed E-state index contributed by atoms with van der Waals surface area (Å²) in [6.45, 7) is 2.34. The van der Waals surface area contributed by atoms with Crippen LogP contribution in [0.1, 0.15) is 21.5 Å². The van der Waals surface area contributed by atoms with Crippen molar-refractivity contribution in [3.8, 4) is 0 Å². The lowest BCUT2D eigenvalue weighted by atomic mass is 10.1. The van der Waals surface area contributed by atoms with Crippen LogP contribution < -0.4 is 5.32 Å². The fourth-order valence-electron chi connectivity index (χ4n) is 2.18. The van der Waals surface area contributed by atoms with Gasteiger partial charge in [-0.2, -0.15) is 0 Å². The molecule has 2 aromatic carbocycles. The van der Waals surface area contributed by atoms with Crippen molar-refractivity contribution < 1.29 is 9.00 Å². The summed E-state index contributed by atoms with van der Waals surface area (Å²) < 4.78 is 12.1. The first-order valence-electron chi connectivity index (χ1n) is 7.42. The molecule has 122 valence electrons. The van der Waals surface area contributed by atoms with E-state index in [1.54, 1.807) is 11.8 Å². The van der Waals surface area contributed by atoms with Crippen LogP contribution in [0, 0.1) is 6.92 Å². The summed E-state index contributed by atoms with van der Waals surface area (Å²) in [5, 5.41) is 2.87. The van der Waals surface area contributed by atoms with Crippen molar-refractivity contribution in [2.24, 2.45) is 0 Å². The van der Waals surface area contributed by atoms with Crippen LogP contribution in [-0.2, 0) is 16.6 Å². The van der Waals surface area contributed by atoms with Gasteiger partial charge in [0.1, 0.15) is 0 Å². The minimum atomic E-state index is -0.974. The molecule has 2 aromatic rings. The van der Waals surface area contributed by atoms with Crippen molar-refractivity contribution in [3.05, 3.63) is 65.2 Å². The summed E-state index contributed by atoms with van der Waals surface area (Å²) in [6, 6.07) is 15.6. The van der Waals surface area contributed by atoms with Crippen LogP contribution in [0.2, 0.25) is 0 Å². The summed E-state index contributed by atoms with van der Waals surface area (Å²) in [6.07, 6.45) is 1.99. The van der Waals surface area contributed by atoms with E-state index in [1.807, 2.05) is 61.7 Å². The summed E-state index contributed by atoms with van der Waals surface area (Å²) in [4.78, 5) is 13.3. The van der Waals surface area contributed by atoms with Crippen LogP contribution in [-0.4, -0.2) is 28.7 Å². The van der Waals surface area contributed by atoms with Gasteiger partial charge in [-0.25, -0.2) is 0 Å². The first-order valence-corrected chi connectivity index (χ1v) is 10.1. The molecule has 5 heteroatoms. The number of rotatable bonds is 7. The third kappa shape index (κ3) is 5.52. The van der Waals surface area contributed by atoms with Gasteiger partial charge in [0, 0.05) is 39.3 Å². The van der Waals surface area contributed by atoms with E-state index in [2.05, 4.69) is 5.32 Å². The largest absolute Gasteiger partial charge is 0.351 e. The van der Waals surface area contributed by atoms with Gasteiger partial charge in [-0.05, 0) is 36.4 Å². The molecular weight excluding hydrogens is 326 g/mol. The quantitative estimate of drug-likeness (QED) is 0.781. The van der Waals surface area contributed by atoms with Crippen LogP contribution in [0.25, 0.3) is 0 Å². The van der Waals surface area contributed by atoms with Gasteiger partial charge in [0.25, 0.3) is 5.91 Å². The molecule has 0 aliphatic rings. The van der Waals surface area contributed by atoms with Crippen LogP contribution in [0.4, 0.5) is 0 Å². The van der Waals surface area contributed by atoms with Crippen molar-refractivity contribution in [1.82, 2.24) is 5.32 Å². The highest BCUT2D eigenvalue weighted by molar-refractivity contribution is 7.98. The highest BCUT2D eigenvalue weighted by Crippen LogP contribution is 2.18. The molecule has 1 atom stereocenters. The zero-order valence-corrected chi connectivity index (χ0v) is 15.0. The Kier molecular flexibility index (Phi) is 6.86. The monoisotopic (exact) mass is 347 g/mol. The normalized spacial score (nSPS) is 11.9. The van der Waals surface area contributed by atoms with Crippen molar-refractivity contribution in [2.75, 3.05) is 18.6 Å². The Hall–Kier alpha value is -1.59. The van der Waals surface area contributed by atoms with E-state index in [4.69, 9.17) is 0 Å². The third-order valence-electron chi connectivity index (χ3n) is 3.48. The van der Waals surface area contributed by atoms with Gasteiger partial charge in [-0.1, -0.05) is 36.4 Å². The highest BCUT2D eigenvalue weighted by Gasteiger charge is 2.10. The molecule has 23 heavy (non-hydrogen) atoms. The van der Waals surface area contributed by atoms with E-state index >= 15 is 0 Å². The minimum absolute atomic E-state index is 0.102. The highest BCUT2D eigenvalue weighted by atomic mass is 32.2. The number of amides is 1. The molecule has 0 radical (unpaired) electrons. The molecule has 2 rings (SSSR count). The van der Waals surface area contributed by atoms with Gasteiger partial charge in [0.05, 0.1) is 0 Å². The molecule has 1 amide bonds. The Morgan fingerprint density at radius 2 is 1.91 bits per heavy atom. The molecule has 0 aliphatic heterocycles. The van der Waals surface area contributed by atoms with Crippen LogP contribution in [0.15, 0.2) is 53.4 Å². The summed E-state index contributed by atoms with van der Waals surface area (Å²) in [5.74, 6) is 0.884. The molecule has 0 fully saturated rings. The van der Waals surface area contributed by atoms with E-state index in [9.17, 15) is 9.00 Å². The van der Waals surface area contributed by atoms with Crippen LogP contribution in [0.5, 0.6) is 0 Å². The van der Waals surface area contributed by atoms with E-state index in [0.717, 1.165) is 16.0 Å². The van der Waals surface area contributed by atoms with Gasteiger partial charge in [-0.3, -0.25) is 9.00 Å². The van der Waals surface area contributed by atoms with E-state index in [-0.39, 0.29) is 5.91 Å². The number of nitrogens with one attached hydrogen (secondary N) is 1. The molecule has 0 heterocycles. The first kappa shape index (κ1) is 17.8. The lowest BCUT2D eigenvalue weighted by molar-refractivity contribution is 0.0955. The van der Waals surface area contributed by atoms with Crippen molar-refractivity contribution in [2.45, 2.75) is 17.6 Å². The average Bonchev–Trinajstić information content (AvgIpc) is 2.56. The molecule has 3 nitrogen and oxygen atoms in total. The van der Waals surface area contributed by atoms with E-state index in [1.165, 1.54) is 0 Å². The van der Waals surface area contributed by atoms with Crippen molar-refractivity contribution in [3.63, 3.8) is 0 Å². The van der Waals surface area contributed by atoms with Crippen LogP contribution >= 0.6 is 11.8 Å². The molecule has 0 aromatic heterocycles. The Labute approximate surface area is 144 Å². The van der Waals surface area contributed by atoms with Crippen LogP contribution in [0.3, 0.4) is 0 Å². The lowest BCUT2D eigenvalue weighted by Gasteiger charge is -2.09.